The highest BCUT2D eigenvalue weighted by Crippen LogP contribution is 2.38. The number of ether oxygens (including phenoxy) is 1. The number of carbonyl (C=O) groups is 1. The first-order valence-electron chi connectivity index (χ1n) is 6.34. The number of aryl methyl sites for hydroxylation is 1. The molecule has 1 aliphatic rings. The van der Waals surface area contributed by atoms with Crippen molar-refractivity contribution in [1.82, 2.24) is 0 Å². The van der Waals surface area contributed by atoms with E-state index in [9.17, 15) is 4.79 Å². The molecule has 1 aromatic rings. The number of thioether (sulfide) groups is 1. The van der Waals surface area contributed by atoms with E-state index in [0.717, 1.165) is 24.3 Å². The molecule has 6 heteroatoms. The van der Waals surface area contributed by atoms with Gasteiger partial charge in [-0.05, 0) is 44.4 Å². The lowest BCUT2D eigenvalue weighted by atomic mass is 9.95. The highest BCUT2D eigenvalue weighted by molar-refractivity contribution is 8.22. The molecular weight excluding hydrogens is 298 g/mol. The molecule has 3 nitrogen and oxygen atoms in total. The van der Waals surface area contributed by atoms with E-state index in [1.807, 2.05) is 13.2 Å². The molecule has 0 amide bonds. The summed E-state index contributed by atoms with van der Waals surface area (Å²) in [5.74, 6) is -0.228. The number of nitrogens with one attached hydrogen (secondary N) is 1. The fourth-order valence-electron chi connectivity index (χ4n) is 2.22. The number of rotatable bonds is 3. The Balaban J connectivity index is 2.37. The number of esters is 1. The Kier molecular flexibility index (Phi) is 5.24. The molecule has 0 aromatic carbocycles. The van der Waals surface area contributed by atoms with Crippen molar-refractivity contribution in [3.63, 3.8) is 0 Å². The van der Waals surface area contributed by atoms with Crippen molar-refractivity contribution in [2.24, 2.45) is 0 Å². The van der Waals surface area contributed by atoms with Gasteiger partial charge in [-0.15, -0.1) is 23.1 Å². The Morgan fingerprint density at radius 2 is 2.21 bits per heavy atom. The van der Waals surface area contributed by atoms with E-state index in [2.05, 4.69) is 5.32 Å². The highest BCUT2D eigenvalue weighted by atomic mass is 32.2. The molecule has 104 valence electrons. The van der Waals surface area contributed by atoms with Crippen LogP contribution in [0.1, 0.15) is 40.6 Å². The van der Waals surface area contributed by atoms with E-state index in [0.29, 0.717) is 16.5 Å². The van der Waals surface area contributed by atoms with Crippen LogP contribution in [0.15, 0.2) is 0 Å². The topological polar surface area (TPSA) is 38.3 Å². The lowest BCUT2D eigenvalue weighted by Crippen LogP contribution is -2.12. The van der Waals surface area contributed by atoms with Crippen LogP contribution in [0, 0.1) is 0 Å². The number of thiocarbonyl (C=S) groups is 1. The summed E-state index contributed by atoms with van der Waals surface area (Å²) in [6, 6.07) is 0. The monoisotopic (exact) mass is 315 g/mol. The number of hydrogen-bond acceptors (Lipinski definition) is 5. The van der Waals surface area contributed by atoms with Crippen molar-refractivity contribution in [2.75, 3.05) is 18.2 Å². The average molecular weight is 315 g/mol. The summed E-state index contributed by atoms with van der Waals surface area (Å²) in [6.45, 7) is 2.23. The number of carbonyl (C=O) groups excluding carboxylic acids is 1. The minimum atomic E-state index is -0.228. The molecule has 0 aliphatic heterocycles. The summed E-state index contributed by atoms with van der Waals surface area (Å²) in [5, 5.41) is 4.02. The van der Waals surface area contributed by atoms with Gasteiger partial charge in [0.05, 0.1) is 12.2 Å². The molecule has 0 saturated heterocycles. The molecule has 0 atom stereocenters. The first-order valence-corrected chi connectivity index (χ1v) is 8.79. The predicted molar refractivity (Wildman–Crippen MR) is 86.7 cm³/mol. The minimum Gasteiger partial charge on any atom is -0.462 e. The Morgan fingerprint density at radius 3 is 2.89 bits per heavy atom. The summed E-state index contributed by atoms with van der Waals surface area (Å²) < 4.78 is 5.87. The molecule has 0 fully saturated rings. The van der Waals surface area contributed by atoms with Crippen LogP contribution in [0.4, 0.5) is 5.00 Å². The Hall–Kier alpha value is -0.590. The van der Waals surface area contributed by atoms with E-state index in [4.69, 9.17) is 17.0 Å². The number of thiophene rings is 1. The number of anilines is 1. The van der Waals surface area contributed by atoms with Crippen molar-refractivity contribution < 1.29 is 9.53 Å². The summed E-state index contributed by atoms with van der Waals surface area (Å²) in [4.78, 5) is 13.5. The first kappa shape index (κ1) is 14.8. The Labute approximate surface area is 127 Å². The standard InChI is InChI=1S/C13H17NO2S3/c1-3-16-12(15)10-8-6-4-5-7-9(8)19-11(10)14-13(17)18-2/h3-7H2,1-2H3,(H,14,17). The molecule has 2 rings (SSSR count). The van der Waals surface area contributed by atoms with Crippen LogP contribution in [0.25, 0.3) is 0 Å². The first-order chi connectivity index (χ1) is 9.17. The fraction of sp³-hybridized carbons (Fsp3) is 0.538. The lowest BCUT2D eigenvalue weighted by Gasteiger charge is -2.12. The van der Waals surface area contributed by atoms with Gasteiger partial charge in [0.15, 0.2) is 0 Å². The molecule has 1 N–H and O–H groups in total. The third-order valence-electron chi connectivity index (χ3n) is 3.05. The molecule has 0 unspecified atom stereocenters. The van der Waals surface area contributed by atoms with E-state index in [-0.39, 0.29) is 5.97 Å². The lowest BCUT2D eigenvalue weighted by molar-refractivity contribution is 0.0526. The summed E-state index contributed by atoms with van der Waals surface area (Å²) in [7, 11) is 0. The summed E-state index contributed by atoms with van der Waals surface area (Å²) >= 11 is 8.32. The van der Waals surface area contributed by atoms with E-state index in [1.54, 1.807) is 11.3 Å². The van der Waals surface area contributed by atoms with Gasteiger partial charge in [-0.1, -0.05) is 12.2 Å². The maximum absolute atomic E-state index is 12.2. The third kappa shape index (κ3) is 3.30. The van der Waals surface area contributed by atoms with Crippen molar-refractivity contribution >= 4 is 50.6 Å². The van der Waals surface area contributed by atoms with Gasteiger partial charge in [0.2, 0.25) is 0 Å². The molecular formula is C13H17NO2S3. The second-order valence-electron chi connectivity index (χ2n) is 4.25. The van der Waals surface area contributed by atoms with E-state index in [1.165, 1.54) is 28.6 Å². The van der Waals surface area contributed by atoms with Gasteiger partial charge in [0, 0.05) is 4.88 Å². The minimum absolute atomic E-state index is 0.228. The van der Waals surface area contributed by atoms with Crippen molar-refractivity contribution in [3.05, 3.63) is 16.0 Å². The van der Waals surface area contributed by atoms with Gasteiger partial charge in [-0.2, -0.15) is 0 Å². The van der Waals surface area contributed by atoms with Gasteiger partial charge < -0.3 is 10.1 Å². The Morgan fingerprint density at radius 1 is 1.47 bits per heavy atom. The fourth-order valence-corrected chi connectivity index (χ4v) is 3.93. The molecule has 1 aromatic heterocycles. The van der Waals surface area contributed by atoms with Crippen molar-refractivity contribution in [1.29, 1.82) is 0 Å². The quantitative estimate of drug-likeness (QED) is 0.677. The number of hydrogen-bond donors (Lipinski definition) is 1. The SMILES string of the molecule is CCOC(=O)c1c(NC(=S)SC)sc2c1CCCC2. The average Bonchev–Trinajstić information content (AvgIpc) is 2.76. The smallest absolute Gasteiger partial charge is 0.341 e. The van der Waals surface area contributed by atoms with Crippen molar-refractivity contribution in [3.8, 4) is 0 Å². The predicted octanol–water partition coefficient (Wildman–Crippen LogP) is 3.86. The third-order valence-corrected chi connectivity index (χ3v) is 5.33. The second kappa shape index (κ2) is 6.72. The van der Waals surface area contributed by atoms with Gasteiger partial charge in [-0.3, -0.25) is 0 Å². The van der Waals surface area contributed by atoms with Crippen LogP contribution >= 0.6 is 35.3 Å². The largest absolute Gasteiger partial charge is 0.462 e. The van der Waals surface area contributed by atoms with Crippen LogP contribution in [-0.2, 0) is 17.6 Å². The second-order valence-corrected chi connectivity index (χ2v) is 6.84. The van der Waals surface area contributed by atoms with Gasteiger partial charge >= 0.3 is 5.97 Å². The van der Waals surface area contributed by atoms with Gasteiger partial charge in [0.25, 0.3) is 0 Å². The zero-order valence-corrected chi connectivity index (χ0v) is 13.5. The zero-order chi connectivity index (χ0) is 13.8. The molecule has 1 heterocycles. The van der Waals surface area contributed by atoms with E-state index >= 15 is 0 Å². The van der Waals surface area contributed by atoms with Crippen LogP contribution in [0.2, 0.25) is 0 Å². The maximum atomic E-state index is 12.2. The Bertz CT molecular complexity index is 496. The maximum Gasteiger partial charge on any atom is 0.341 e. The molecule has 0 saturated carbocycles. The summed E-state index contributed by atoms with van der Waals surface area (Å²) in [5.41, 5.74) is 1.87. The van der Waals surface area contributed by atoms with Crippen LogP contribution in [-0.4, -0.2) is 23.2 Å². The number of fused-ring (bicyclic) bond motifs is 1. The molecule has 1 aliphatic carbocycles. The molecule has 0 bridgehead atoms. The van der Waals surface area contributed by atoms with E-state index < -0.39 is 0 Å². The van der Waals surface area contributed by atoms with Gasteiger partial charge in [0.1, 0.15) is 9.32 Å². The highest BCUT2D eigenvalue weighted by Gasteiger charge is 2.26. The summed E-state index contributed by atoms with van der Waals surface area (Å²) in [6.07, 6.45) is 6.28. The van der Waals surface area contributed by atoms with Crippen LogP contribution in [0.5, 0.6) is 0 Å². The molecule has 19 heavy (non-hydrogen) atoms. The van der Waals surface area contributed by atoms with Crippen molar-refractivity contribution in [2.45, 2.75) is 32.6 Å². The zero-order valence-electron chi connectivity index (χ0n) is 11.1. The normalized spacial score (nSPS) is 13.8. The van der Waals surface area contributed by atoms with Crippen LogP contribution in [0.3, 0.4) is 0 Å². The molecule has 0 spiro atoms. The van der Waals surface area contributed by atoms with Gasteiger partial charge in [-0.25, -0.2) is 4.79 Å². The molecule has 0 radical (unpaired) electrons. The van der Waals surface area contributed by atoms with Crippen LogP contribution < -0.4 is 5.32 Å².